The first-order valence-electron chi connectivity index (χ1n) is 7.22. The number of carbonyl (C=O) groups excluding carboxylic acids is 1. The third-order valence-corrected chi connectivity index (χ3v) is 4.23. The van der Waals surface area contributed by atoms with Gasteiger partial charge in [0.25, 0.3) is 5.91 Å². The van der Waals surface area contributed by atoms with Gasteiger partial charge in [0.2, 0.25) is 0 Å². The fourth-order valence-corrected chi connectivity index (χ4v) is 2.88. The second-order valence-corrected chi connectivity index (χ2v) is 5.55. The van der Waals surface area contributed by atoms with E-state index in [-0.39, 0.29) is 0 Å². The lowest BCUT2D eigenvalue weighted by atomic mass is 9.97. The molecule has 6 nitrogen and oxygen atoms in total. The van der Waals surface area contributed by atoms with Crippen LogP contribution < -0.4 is 14.8 Å². The van der Waals surface area contributed by atoms with Gasteiger partial charge in [0.1, 0.15) is 17.0 Å². The molecule has 1 amide bonds. The normalized spacial score (nSPS) is 16.1. The summed E-state index contributed by atoms with van der Waals surface area (Å²) in [5.41, 5.74) is -0.0511. The molecule has 6 heteroatoms. The van der Waals surface area contributed by atoms with Gasteiger partial charge in [-0.25, -0.2) is 4.79 Å². The Balaban J connectivity index is 2.31. The van der Waals surface area contributed by atoms with Crippen molar-refractivity contribution in [3.63, 3.8) is 0 Å². The number of carboxylic acids is 1. The number of carbonyl (C=O) groups is 2. The zero-order chi connectivity index (χ0) is 16.3. The minimum absolute atomic E-state index is 0.326. The number of hydrogen-bond donors (Lipinski definition) is 2. The topological polar surface area (TPSA) is 84.9 Å². The van der Waals surface area contributed by atoms with E-state index in [0.717, 1.165) is 18.4 Å². The van der Waals surface area contributed by atoms with Gasteiger partial charge in [-0.2, -0.15) is 0 Å². The van der Waals surface area contributed by atoms with Crippen LogP contribution in [0.5, 0.6) is 11.5 Å². The molecule has 0 atom stereocenters. The molecule has 0 radical (unpaired) electrons. The number of amides is 1. The standard InChI is InChI=1S/C16H21NO5/c1-10-12(21-2)8-11(9-13(10)22-3)14(18)17-16(15(19)20)6-4-5-7-16/h8-9H,4-7H2,1-3H3,(H,17,18)(H,19,20). The van der Waals surface area contributed by atoms with Crippen molar-refractivity contribution >= 4 is 11.9 Å². The monoisotopic (exact) mass is 307 g/mol. The quantitative estimate of drug-likeness (QED) is 0.870. The van der Waals surface area contributed by atoms with Crippen LogP contribution in [-0.2, 0) is 4.79 Å². The molecule has 0 spiro atoms. The molecule has 1 aliphatic carbocycles. The highest BCUT2D eigenvalue weighted by Gasteiger charge is 2.42. The summed E-state index contributed by atoms with van der Waals surface area (Å²) in [5, 5.41) is 12.1. The van der Waals surface area contributed by atoms with Crippen LogP contribution in [0, 0.1) is 6.92 Å². The van der Waals surface area contributed by atoms with Crippen LogP contribution in [0.1, 0.15) is 41.6 Å². The molecule has 2 N–H and O–H groups in total. The van der Waals surface area contributed by atoms with Gasteiger partial charge in [0, 0.05) is 11.1 Å². The zero-order valence-corrected chi connectivity index (χ0v) is 13.1. The predicted octanol–water partition coefficient (Wildman–Crippen LogP) is 2.14. The molecule has 1 fully saturated rings. The maximum atomic E-state index is 12.5. The Hall–Kier alpha value is -2.24. The predicted molar refractivity (Wildman–Crippen MR) is 80.6 cm³/mol. The molecule has 0 aliphatic heterocycles. The van der Waals surface area contributed by atoms with Crippen LogP contribution in [0.3, 0.4) is 0 Å². The van der Waals surface area contributed by atoms with Crippen molar-refractivity contribution in [1.82, 2.24) is 5.32 Å². The third-order valence-electron chi connectivity index (χ3n) is 4.23. The van der Waals surface area contributed by atoms with Crippen molar-refractivity contribution < 1.29 is 24.2 Å². The van der Waals surface area contributed by atoms with Crippen LogP contribution in [0.15, 0.2) is 12.1 Å². The van der Waals surface area contributed by atoms with Gasteiger partial charge in [0.15, 0.2) is 0 Å². The molecular formula is C16H21NO5. The number of hydrogen-bond acceptors (Lipinski definition) is 4. The Morgan fingerprint density at radius 1 is 1.14 bits per heavy atom. The fraction of sp³-hybridized carbons (Fsp3) is 0.500. The molecule has 0 aromatic heterocycles. The average Bonchev–Trinajstić information content (AvgIpc) is 2.97. The second kappa shape index (κ2) is 6.25. The number of benzene rings is 1. The highest BCUT2D eigenvalue weighted by Crippen LogP contribution is 2.32. The van der Waals surface area contributed by atoms with Crippen molar-refractivity contribution in [3.8, 4) is 11.5 Å². The van der Waals surface area contributed by atoms with Crippen molar-refractivity contribution in [2.45, 2.75) is 38.1 Å². The van der Waals surface area contributed by atoms with Gasteiger partial charge < -0.3 is 19.9 Å². The van der Waals surface area contributed by atoms with Gasteiger partial charge in [-0.3, -0.25) is 4.79 Å². The van der Waals surface area contributed by atoms with Gasteiger partial charge in [-0.05, 0) is 31.9 Å². The van der Waals surface area contributed by atoms with Gasteiger partial charge in [-0.1, -0.05) is 12.8 Å². The number of methoxy groups -OCH3 is 2. The van der Waals surface area contributed by atoms with Crippen LogP contribution in [0.25, 0.3) is 0 Å². The summed E-state index contributed by atoms with van der Waals surface area (Å²) in [7, 11) is 3.03. The molecule has 0 saturated heterocycles. The number of ether oxygens (including phenoxy) is 2. The van der Waals surface area contributed by atoms with Crippen molar-refractivity contribution in [2.75, 3.05) is 14.2 Å². The summed E-state index contributed by atoms with van der Waals surface area (Å²) < 4.78 is 10.5. The van der Waals surface area contributed by atoms with E-state index < -0.39 is 17.4 Å². The van der Waals surface area contributed by atoms with E-state index in [2.05, 4.69) is 5.32 Å². The molecule has 1 saturated carbocycles. The highest BCUT2D eigenvalue weighted by atomic mass is 16.5. The third kappa shape index (κ3) is 2.86. The van der Waals surface area contributed by atoms with Crippen LogP contribution in [0.2, 0.25) is 0 Å². The zero-order valence-electron chi connectivity index (χ0n) is 13.1. The molecule has 1 aromatic rings. The number of aliphatic carboxylic acids is 1. The fourth-order valence-electron chi connectivity index (χ4n) is 2.88. The van der Waals surface area contributed by atoms with Gasteiger partial charge in [0.05, 0.1) is 14.2 Å². The van der Waals surface area contributed by atoms with E-state index in [4.69, 9.17) is 9.47 Å². The summed E-state index contributed by atoms with van der Waals surface area (Å²) in [6.07, 6.45) is 2.50. The summed E-state index contributed by atoms with van der Waals surface area (Å²) in [6.45, 7) is 1.83. The number of nitrogens with one attached hydrogen (secondary N) is 1. The first-order chi connectivity index (χ1) is 10.4. The molecular weight excluding hydrogens is 286 g/mol. The van der Waals surface area contributed by atoms with E-state index in [1.165, 1.54) is 14.2 Å². The van der Waals surface area contributed by atoms with E-state index in [9.17, 15) is 14.7 Å². The Morgan fingerprint density at radius 3 is 2.05 bits per heavy atom. The second-order valence-electron chi connectivity index (χ2n) is 5.55. The summed E-state index contributed by atoms with van der Waals surface area (Å²) in [4.78, 5) is 24.0. The summed E-state index contributed by atoms with van der Waals surface area (Å²) >= 11 is 0. The molecule has 1 aromatic carbocycles. The molecule has 120 valence electrons. The Labute approximate surface area is 129 Å². The van der Waals surface area contributed by atoms with E-state index in [1.54, 1.807) is 12.1 Å². The highest BCUT2D eigenvalue weighted by molar-refractivity contribution is 5.98. The Bertz CT molecular complexity index is 565. The van der Waals surface area contributed by atoms with Crippen LogP contribution in [0.4, 0.5) is 0 Å². The van der Waals surface area contributed by atoms with E-state index in [0.29, 0.717) is 29.9 Å². The van der Waals surface area contributed by atoms with Crippen LogP contribution in [-0.4, -0.2) is 36.7 Å². The SMILES string of the molecule is COc1cc(C(=O)NC2(C(=O)O)CCCC2)cc(OC)c1C. The largest absolute Gasteiger partial charge is 0.496 e. The minimum Gasteiger partial charge on any atom is -0.496 e. The molecule has 0 bridgehead atoms. The Kier molecular flexibility index (Phi) is 4.59. The molecule has 1 aliphatic rings. The van der Waals surface area contributed by atoms with Crippen molar-refractivity contribution in [3.05, 3.63) is 23.3 Å². The van der Waals surface area contributed by atoms with Crippen molar-refractivity contribution in [1.29, 1.82) is 0 Å². The maximum Gasteiger partial charge on any atom is 0.329 e. The van der Waals surface area contributed by atoms with E-state index >= 15 is 0 Å². The lowest BCUT2D eigenvalue weighted by Gasteiger charge is -2.25. The summed E-state index contributed by atoms with van der Waals surface area (Å²) in [6, 6.07) is 3.19. The lowest BCUT2D eigenvalue weighted by molar-refractivity contribution is -0.144. The first-order valence-corrected chi connectivity index (χ1v) is 7.22. The van der Waals surface area contributed by atoms with E-state index in [1.807, 2.05) is 6.92 Å². The Morgan fingerprint density at radius 2 is 1.64 bits per heavy atom. The maximum absolute atomic E-state index is 12.5. The van der Waals surface area contributed by atoms with Gasteiger partial charge in [-0.15, -0.1) is 0 Å². The van der Waals surface area contributed by atoms with Gasteiger partial charge >= 0.3 is 5.97 Å². The lowest BCUT2D eigenvalue weighted by Crippen LogP contribution is -2.52. The number of rotatable bonds is 5. The number of carboxylic acid groups (broad SMARTS) is 1. The average molecular weight is 307 g/mol. The first kappa shape index (κ1) is 16.1. The van der Waals surface area contributed by atoms with Crippen LogP contribution >= 0.6 is 0 Å². The summed E-state index contributed by atoms with van der Waals surface area (Å²) in [5.74, 6) is -0.356. The molecule has 0 heterocycles. The molecule has 2 rings (SSSR count). The minimum atomic E-state index is -1.16. The van der Waals surface area contributed by atoms with Crippen molar-refractivity contribution in [2.24, 2.45) is 0 Å². The molecule has 0 unspecified atom stereocenters. The molecule has 22 heavy (non-hydrogen) atoms. The smallest absolute Gasteiger partial charge is 0.329 e.